The number of halogens is 3. The molecule has 0 aromatic heterocycles. The second-order valence-electron chi connectivity index (χ2n) is 5.07. The molecule has 0 atom stereocenters. The van der Waals surface area contributed by atoms with Gasteiger partial charge in [0.25, 0.3) is 0 Å². The van der Waals surface area contributed by atoms with E-state index in [9.17, 15) is 0 Å². The third kappa shape index (κ3) is 4.14. The molecule has 112 valence electrons. The Balaban J connectivity index is 2.41. The van der Waals surface area contributed by atoms with E-state index in [-0.39, 0.29) is 0 Å². The van der Waals surface area contributed by atoms with Crippen molar-refractivity contribution in [2.24, 2.45) is 0 Å². The zero-order valence-corrected chi connectivity index (χ0v) is 14.4. The van der Waals surface area contributed by atoms with Crippen LogP contribution in [0.15, 0.2) is 30.3 Å². The van der Waals surface area contributed by atoms with Gasteiger partial charge >= 0.3 is 0 Å². The molecule has 2 aromatic carbocycles. The van der Waals surface area contributed by atoms with Crippen LogP contribution in [0.4, 0.5) is 0 Å². The summed E-state index contributed by atoms with van der Waals surface area (Å²) in [6, 6.07) is 9.81. The Kier molecular flexibility index (Phi) is 5.95. The highest BCUT2D eigenvalue weighted by molar-refractivity contribution is 6.41. The molecule has 0 bridgehead atoms. The lowest BCUT2D eigenvalue weighted by Crippen LogP contribution is -2.13. The fourth-order valence-corrected chi connectivity index (χ4v) is 3.28. The summed E-state index contributed by atoms with van der Waals surface area (Å²) < 4.78 is 0. The van der Waals surface area contributed by atoms with Gasteiger partial charge in [-0.15, -0.1) is 0 Å². The quantitative estimate of drug-likeness (QED) is 0.645. The first-order chi connectivity index (χ1) is 10.0. The van der Waals surface area contributed by atoms with Gasteiger partial charge < -0.3 is 5.32 Å². The summed E-state index contributed by atoms with van der Waals surface area (Å²) in [4.78, 5) is 0. The van der Waals surface area contributed by atoms with Gasteiger partial charge in [-0.1, -0.05) is 53.9 Å². The van der Waals surface area contributed by atoms with Gasteiger partial charge in [-0.3, -0.25) is 0 Å². The average Bonchev–Trinajstić information content (AvgIpc) is 2.41. The molecule has 0 fully saturated rings. The third-order valence-electron chi connectivity index (χ3n) is 3.33. The molecule has 0 saturated heterocycles. The molecule has 0 aliphatic heterocycles. The van der Waals surface area contributed by atoms with Crippen molar-refractivity contribution in [3.63, 3.8) is 0 Å². The van der Waals surface area contributed by atoms with Crippen LogP contribution in [-0.2, 0) is 6.54 Å². The topological polar surface area (TPSA) is 12.0 Å². The number of hydrogen-bond donors (Lipinski definition) is 1. The monoisotopic (exact) mass is 341 g/mol. The molecule has 0 aliphatic rings. The largest absolute Gasteiger partial charge is 0.313 e. The molecule has 0 saturated carbocycles. The van der Waals surface area contributed by atoms with Crippen LogP contribution in [0.25, 0.3) is 11.1 Å². The first-order valence-corrected chi connectivity index (χ1v) is 8.11. The van der Waals surface area contributed by atoms with Crippen molar-refractivity contribution in [2.45, 2.75) is 26.8 Å². The van der Waals surface area contributed by atoms with E-state index in [0.717, 1.165) is 36.2 Å². The van der Waals surface area contributed by atoms with Gasteiger partial charge in [0.05, 0.1) is 10.0 Å². The fourth-order valence-electron chi connectivity index (χ4n) is 2.26. The Hall–Kier alpha value is -0.730. The summed E-state index contributed by atoms with van der Waals surface area (Å²) >= 11 is 18.7. The fraction of sp³-hybridized carbons (Fsp3) is 0.294. The standard InChI is InChI=1S/C17H18Cl3N/c1-3-6-21-10-12-5-4-11(2)14(7-12)17-15(19)8-13(18)9-16(17)20/h4-5,7-9,21H,3,6,10H2,1-2H3. The maximum Gasteiger partial charge on any atom is 0.0514 e. The number of hydrogen-bond acceptors (Lipinski definition) is 1. The summed E-state index contributed by atoms with van der Waals surface area (Å²) in [5.41, 5.74) is 4.25. The molecule has 0 amide bonds. The minimum Gasteiger partial charge on any atom is -0.313 e. The molecule has 0 aliphatic carbocycles. The molecule has 1 N–H and O–H groups in total. The summed E-state index contributed by atoms with van der Waals surface area (Å²) in [6.45, 7) is 6.05. The van der Waals surface area contributed by atoms with Crippen LogP contribution < -0.4 is 5.32 Å². The van der Waals surface area contributed by atoms with Crippen molar-refractivity contribution in [3.05, 3.63) is 56.5 Å². The van der Waals surface area contributed by atoms with E-state index in [0.29, 0.717) is 15.1 Å². The normalized spacial score (nSPS) is 10.9. The minimum absolute atomic E-state index is 0.548. The molecular weight excluding hydrogens is 325 g/mol. The smallest absolute Gasteiger partial charge is 0.0514 e. The summed E-state index contributed by atoms with van der Waals surface area (Å²) in [7, 11) is 0. The van der Waals surface area contributed by atoms with Gasteiger partial charge in [0.1, 0.15) is 0 Å². The highest BCUT2D eigenvalue weighted by atomic mass is 35.5. The third-order valence-corrected chi connectivity index (χ3v) is 4.15. The van der Waals surface area contributed by atoms with Crippen LogP contribution in [0.1, 0.15) is 24.5 Å². The van der Waals surface area contributed by atoms with Crippen molar-refractivity contribution in [2.75, 3.05) is 6.54 Å². The first kappa shape index (κ1) is 16.6. The van der Waals surface area contributed by atoms with Gasteiger partial charge in [-0.25, -0.2) is 0 Å². The number of rotatable bonds is 5. The number of nitrogens with one attached hydrogen (secondary N) is 1. The lowest BCUT2D eigenvalue weighted by Gasteiger charge is -2.13. The Morgan fingerprint density at radius 3 is 2.29 bits per heavy atom. The second-order valence-corrected chi connectivity index (χ2v) is 6.32. The van der Waals surface area contributed by atoms with Crippen LogP contribution in [0.5, 0.6) is 0 Å². The van der Waals surface area contributed by atoms with E-state index in [1.165, 1.54) is 5.56 Å². The Labute approximate surface area is 141 Å². The molecule has 4 heteroatoms. The van der Waals surface area contributed by atoms with Crippen molar-refractivity contribution in [3.8, 4) is 11.1 Å². The lowest BCUT2D eigenvalue weighted by atomic mass is 9.98. The first-order valence-electron chi connectivity index (χ1n) is 6.98. The molecule has 0 heterocycles. The van der Waals surface area contributed by atoms with Gasteiger partial charge in [-0.2, -0.15) is 0 Å². The molecule has 0 unspecified atom stereocenters. The summed E-state index contributed by atoms with van der Waals surface area (Å²) in [5.74, 6) is 0. The Bertz CT molecular complexity index is 615. The van der Waals surface area contributed by atoms with Crippen molar-refractivity contribution >= 4 is 34.8 Å². The molecule has 1 nitrogen and oxygen atoms in total. The van der Waals surface area contributed by atoms with E-state index in [1.807, 2.05) is 0 Å². The highest BCUT2D eigenvalue weighted by Gasteiger charge is 2.13. The number of benzene rings is 2. The van der Waals surface area contributed by atoms with Crippen molar-refractivity contribution in [1.29, 1.82) is 0 Å². The SMILES string of the molecule is CCCNCc1ccc(C)c(-c2c(Cl)cc(Cl)cc2Cl)c1. The molecule has 0 radical (unpaired) electrons. The van der Waals surface area contributed by atoms with Gasteiger partial charge in [-0.05, 0) is 54.8 Å². The van der Waals surface area contributed by atoms with Gasteiger partial charge in [0.2, 0.25) is 0 Å². The second kappa shape index (κ2) is 7.51. The summed E-state index contributed by atoms with van der Waals surface area (Å²) in [5, 5.41) is 5.11. The van der Waals surface area contributed by atoms with Gasteiger partial charge in [0.15, 0.2) is 0 Å². The van der Waals surface area contributed by atoms with Crippen LogP contribution in [0.3, 0.4) is 0 Å². The number of aryl methyl sites for hydroxylation is 1. The van der Waals surface area contributed by atoms with E-state index in [4.69, 9.17) is 34.8 Å². The molecular formula is C17H18Cl3N. The molecule has 2 aromatic rings. The van der Waals surface area contributed by atoms with E-state index >= 15 is 0 Å². The van der Waals surface area contributed by atoms with Crippen molar-refractivity contribution < 1.29 is 0 Å². The van der Waals surface area contributed by atoms with E-state index in [2.05, 4.69) is 37.4 Å². The Morgan fingerprint density at radius 1 is 1.00 bits per heavy atom. The van der Waals surface area contributed by atoms with E-state index < -0.39 is 0 Å². The molecule has 21 heavy (non-hydrogen) atoms. The van der Waals surface area contributed by atoms with Crippen LogP contribution in [-0.4, -0.2) is 6.54 Å². The van der Waals surface area contributed by atoms with E-state index in [1.54, 1.807) is 12.1 Å². The minimum atomic E-state index is 0.548. The molecule has 0 spiro atoms. The predicted octanol–water partition coefficient (Wildman–Crippen LogP) is 6.12. The van der Waals surface area contributed by atoms with Crippen LogP contribution in [0, 0.1) is 6.92 Å². The average molecular weight is 343 g/mol. The zero-order valence-electron chi connectivity index (χ0n) is 12.1. The molecule has 2 rings (SSSR count). The lowest BCUT2D eigenvalue weighted by molar-refractivity contribution is 0.675. The maximum absolute atomic E-state index is 6.34. The van der Waals surface area contributed by atoms with Gasteiger partial charge in [0, 0.05) is 17.1 Å². The predicted molar refractivity (Wildman–Crippen MR) is 93.6 cm³/mol. The van der Waals surface area contributed by atoms with Crippen LogP contribution >= 0.6 is 34.8 Å². The highest BCUT2D eigenvalue weighted by Crippen LogP contribution is 2.38. The van der Waals surface area contributed by atoms with Crippen molar-refractivity contribution in [1.82, 2.24) is 5.32 Å². The van der Waals surface area contributed by atoms with Crippen LogP contribution in [0.2, 0.25) is 15.1 Å². The summed E-state index contributed by atoms with van der Waals surface area (Å²) in [6.07, 6.45) is 1.12. The zero-order chi connectivity index (χ0) is 15.4. The maximum atomic E-state index is 6.34. The Morgan fingerprint density at radius 2 is 1.67 bits per heavy atom.